The van der Waals surface area contributed by atoms with Gasteiger partial charge in [-0.1, -0.05) is 6.92 Å². The Hall–Kier alpha value is -1.12. The largest absolute Gasteiger partial charge is 0.384 e. The molecule has 19 heavy (non-hydrogen) atoms. The van der Waals surface area contributed by atoms with E-state index in [4.69, 9.17) is 10.7 Å². The Morgan fingerprint density at radius 2 is 1.68 bits per heavy atom. The maximum absolute atomic E-state index is 6.00. The van der Waals surface area contributed by atoms with Gasteiger partial charge in [0.05, 0.1) is 5.69 Å². The highest BCUT2D eigenvalue weighted by molar-refractivity contribution is 5.35. The summed E-state index contributed by atoms with van der Waals surface area (Å²) in [6, 6.07) is 2.06. The lowest BCUT2D eigenvalue weighted by Crippen LogP contribution is -2.49. The molecule has 3 nitrogen and oxygen atoms in total. The van der Waals surface area contributed by atoms with Crippen molar-refractivity contribution in [2.45, 2.75) is 57.3 Å². The first-order valence-corrected chi connectivity index (χ1v) is 7.81. The Bertz CT molecular complexity index is 473. The summed E-state index contributed by atoms with van der Waals surface area (Å²) in [5.41, 5.74) is 7.61. The Labute approximate surface area is 115 Å². The number of hydrogen-bond donors (Lipinski definition) is 1. The minimum absolute atomic E-state index is 0.343. The fourth-order valence-corrected chi connectivity index (χ4v) is 5.37. The van der Waals surface area contributed by atoms with Gasteiger partial charge < -0.3 is 5.73 Å². The van der Waals surface area contributed by atoms with Gasteiger partial charge in [0, 0.05) is 17.9 Å². The molecule has 102 valence electrons. The monoisotopic (exact) mass is 257 g/mol. The van der Waals surface area contributed by atoms with Crippen molar-refractivity contribution >= 4 is 5.82 Å². The average molecular weight is 257 g/mol. The molecule has 2 N–H and O–H groups in total. The minimum Gasteiger partial charge on any atom is -0.384 e. The zero-order chi connectivity index (χ0) is 13.0. The van der Waals surface area contributed by atoms with Crippen LogP contribution in [0.4, 0.5) is 5.82 Å². The Morgan fingerprint density at radius 1 is 1.11 bits per heavy atom. The molecule has 1 heterocycles. The van der Waals surface area contributed by atoms with Gasteiger partial charge in [-0.25, -0.2) is 9.97 Å². The number of aromatic nitrogens is 2. The molecule has 1 aromatic rings. The second kappa shape index (κ2) is 3.94. The van der Waals surface area contributed by atoms with E-state index in [1.165, 1.54) is 44.2 Å². The Balaban J connectivity index is 1.77. The molecule has 4 aliphatic carbocycles. The van der Waals surface area contributed by atoms with E-state index in [0.29, 0.717) is 11.2 Å². The lowest BCUT2D eigenvalue weighted by Gasteiger charge is -2.56. The normalized spacial score (nSPS) is 39.7. The van der Waals surface area contributed by atoms with Crippen LogP contribution in [0, 0.1) is 17.8 Å². The van der Waals surface area contributed by atoms with E-state index in [1.807, 2.05) is 0 Å². The average Bonchev–Trinajstić information content (AvgIpc) is 2.36. The van der Waals surface area contributed by atoms with Gasteiger partial charge >= 0.3 is 0 Å². The molecule has 0 atom stereocenters. The van der Waals surface area contributed by atoms with E-state index < -0.39 is 0 Å². The molecule has 1 aromatic heterocycles. The van der Waals surface area contributed by atoms with Crippen LogP contribution in [-0.4, -0.2) is 9.97 Å². The standard InChI is InChI=1S/C16H23N3/c1-2-15-18-13(6-14(17)19-15)16-7-10-3-11(8-16)5-12(4-10)9-16/h6,10-12H,2-5,7-9H2,1H3,(H2,17,18,19). The summed E-state index contributed by atoms with van der Waals surface area (Å²) in [6.45, 7) is 2.11. The van der Waals surface area contributed by atoms with Gasteiger partial charge in [0.1, 0.15) is 11.6 Å². The Morgan fingerprint density at radius 3 is 2.21 bits per heavy atom. The summed E-state index contributed by atoms with van der Waals surface area (Å²) in [6.07, 6.45) is 9.33. The summed E-state index contributed by atoms with van der Waals surface area (Å²) in [7, 11) is 0. The van der Waals surface area contributed by atoms with Crippen molar-refractivity contribution in [3.05, 3.63) is 17.6 Å². The summed E-state index contributed by atoms with van der Waals surface area (Å²) < 4.78 is 0. The number of nitrogens with zero attached hydrogens (tertiary/aromatic N) is 2. The maximum atomic E-state index is 6.00. The molecule has 3 heteroatoms. The molecular formula is C16H23N3. The lowest BCUT2D eigenvalue weighted by atomic mass is 9.49. The van der Waals surface area contributed by atoms with Gasteiger partial charge in [-0.15, -0.1) is 0 Å². The highest BCUT2D eigenvalue weighted by atomic mass is 15.0. The van der Waals surface area contributed by atoms with Crippen molar-refractivity contribution in [2.75, 3.05) is 5.73 Å². The number of nitrogens with two attached hydrogens (primary N) is 1. The zero-order valence-electron chi connectivity index (χ0n) is 11.7. The molecule has 0 spiro atoms. The van der Waals surface area contributed by atoms with Crippen LogP contribution in [-0.2, 0) is 11.8 Å². The zero-order valence-corrected chi connectivity index (χ0v) is 11.7. The molecule has 5 rings (SSSR count). The third-order valence-electron chi connectivity index (χ3n) is 5.69. The predicted octanol–water partition coefficient (Wildman–Crippen LogP) is 3.09. The van der Waals surface area contributed by atoms with Crippen molar-refractivity contribution in [1.82, 2.24) is 9.97 Å². The van der Waals surface area contributed by atoms with Crippen LogP contribution < -0.4 is 5.73 Å². The van der Waals surface area contributed by atoms with Crippen LogP contribution >= 0.6 is 0 Å². The number of hydrogen-bond acceptors (Lipinski definition) is 3. The molecule has 4 aliphatic rings. The lowest BCUT2D eigenvalue weighted by molar-refractivity contribution is -0.00731. The first-order chi connectivity index (χ1) is 9.17. The first kappa shape index (κ1) is 11.7. The molecule has 0 aliphatic heterocycles. The molecule has 4 fully saturated rings. The predicted molar refractivity (Wildman–Crippen MR) is 75.7 cm³/mol. The smallest absolute Gasteiger partial charge is 0.130 e. The quantitative estimate of drug-likeness (QED) is 0.885. The van der Waals surface area contributed by atoms with Crippen molar-refractivity contribution in [3.8, 4) is 0 Å². The third-order valence-corrected chi connectivity index (χ3v) is 5.69. The topological polar surface area (TPSA) is 51.8 Å². The molecule has 4 saturated carbocycles. The molecule has 0 unspecified atom stereocenters. The van der Waals surface area contributed by atoms with Gasteiger partial charge in [0.2, 0.25) is 0 Å². The second-order valence-corrected chi connectivity index (χ2v) is 7.15. The SMILES string of the molecule is CCc1nc(N)cc(C23CC4CC(CC(C4)C2)C3)n1. The summed E-state index contributed by atoms with van der Waals surface area (Å²) in [5, 5.41) is 0. The van der Waals surface area contributed by atoms with Crippen molar-refractivity contribution in [2.24, 2.45) is 17.8 Å². The Kier molecular flexibility index (Phi) is 2.42. The van der Waals surface area contributed by atoms with E-state index in [-0.39, 0.29) is 0 Å². The van der Waals surface area contributed by atoms with E-state index in [1.54, 1.807) is 0 Å². The van der Waals surface area contributed by atoms with Gasteiger partial charge in [-0.2, -0.15) is 0 Å². The van der Waals surface area contributed by atoms with Crippen LogP contribution in [0.1, 0.15) is 57.0 Å². The molecule has 4 bridgehead atoms. The van der Waals surface area contributed by atoms with Gasteiger partial charge in [0.25, 0.3) is 0 Å². The molecule has 0 aromatic carbocycles. The van der Waals surface area contributed by atoms with Crippen LogP contribution in [0.15, 0.2) is 6.07 Å². The highest BCUT2D eigenvalue weighted by Crippen LogP contribution is 2.60. The highest BCUT2D eigenvalue weighted by Gasteiger charge is 2.52. The molecule has 0 radical (unpaired) electrons. The second-order valence-electron chi connectivity index (χ2n) is 7.15. The van der Waals surface area contributed by atoms with Crippen LogP contribution in [0.2, 0.25) is 0 Å². The number of rotatable bonds is 2. The number of nitrogen functional groups attached to an aromatic ring is 1. The van der Waals surface area contributed by atoms with Gasteiger partial charge in [-0.05, 0) is 56.3 Å². The molecule has 0 saturated heterocycles. The fraction of sp³-hybridized carbons (Fsp3) is 0.750. The van der Waals surface area contributed by atoms with Gasteiger partial charge in [0.15, 0.2) is 0 Å². The third kappa shape index (κ3) is 1.78. The van der Waals surface area contributed by atoms with Crippen molar-refractivity contribution in [1.29, 1.82) is 0 Å². The van der Waals surface area contributed by atoms with E-state index >= 15 is 0 Å². The maximum Gasteiger partial charge on any atom is 0.130 e. The van der Waals surface area contributed by atoms with Crippen LogP contribution in [0.25, 0.3) is 0 Å². The summed E-state index contributed by atoms with van der Waals surface area (Å²) in [4.78, 5) is 9.20. The van der Waals surface area contributed by atoms with Crippen molar-refractivity contribution in [3.63, 3.8) is 0 Å². The van der Waals surface area contributed by atoms with Crippen molar-refractivity contribution < 1.29 is 0 Å². The number of aryl methyl sites for hydroxylation is 1. The first-order valence-electron chi connectivity index (χ1n) is 7.81. The van der Waals surface area contributed by atoms with E-state index in [2.05, 4.69) is 18.0 Å². The minimum atomic E-state index is 0.343. The summed E-state index contributed by atoms with van der Waals surface area (Å²) in [5.74, 6) is 4.44. The van der Waals surface area contributed by atoms with Crippen LogP contribution in [0.5, 0.6) is 0 Å². The fourth-order valence-electron chi connectivity index (χ4n) is 5.37. The van der Waals surface area contributed by atoms with Gasteiger partial charge in [-0.3, -0.25) is 0 Å². The van der Waals surface area contributed by atoms with Crippen LogP contribution in [0.3, 0.4) is 0 Å². The van der Waals surface area contributed by atoms with E-state index in [9.17, 15) is 0 Å². The molecular weight excluding hydrogens is 234 g/mol. The molecule has 0 amide bonds. The van der Waals surface area contributed by atoms with E-state index in [0.717, 1.165) is 30.0 Å². The summed E-state index contributed by atoms with van der Waals surface area (Å²) >= 11 is 0. The number of anilines is 1.